The molecule has 1 saturated carbocycles. The molecule has 0 spiro atoms. The second kappa shape index (κ2) is 3.82. The topological polar surface area (TPSA) is 3.24 Å². The maximum absolute atomic E-state index is 8.21. The van der Waals surface area contributed by atoms with Gasteiger partial charge in [-0.15, -0.1) is 0 Å². The molecule has 1 aromatic carbocycles. The molecule has 0 aliphatic heterocycles. The van der Waals surface area contributed by atoms with Crippen LogP contribution in [0.1, 0.15) is 28.1 Å². The molecule has 1 fully saturated rings. The van der Waals surface area contributed by atoms with Gasteiger partial charge in [0.25, 0.3) is 0 Å². The molecule has 76 valence electrons. The van der Waals surface area contributed by atoms with Crippen molar-refractivity contribution in [1.82, 2.24) is 0 Å². The van der Waals surface area contributed by atoms with Crippen LogP contribution in [0.4, 0.5) is 5.69 Å². The highest BCUT2D eigenvalue weighted by Gasteiger charge is 2.30. The van der Waals surface area contributed by atoms with Gasteiger partial charge in [0.1, 0.15) is 0 Å². The zero-order valence-corrected chi connectivity index (χ0v) is 9.38. The molecule has 1 aromatic rings. The van der Waals surface area contributed by atoms with Crippen molar-refractivity contribution in [3.05, 3.63) is 29.3 Å². The lowest BCUT2D eigenvalue weighted by molar-refractivity contribution is 0.679. The minimum atomic E-state index is -0.373. The van der Waals surface area contributed by atoms with Gasteiger partial charge in [0, 0.05) is 22.8 Å². The Morgan fingerprint density at radius 1 is 1.36 bits per heavy atom. The van der Waals surface area contributed by atoms with Crippen molar-refractivity contribution in [3.8, 4) is 0 Å². The molecule has 2 heteroatoms. The van der Waals surface area contributed by atoms with Gasteiger partial charge in [-0.05, 0) is 51.0 Å². The van der Waals surface area contributed by atoms with Gasteiger partial charge in [0.2, 0.25) is 0 Å². The molecule has 14 heavy (non-hydrogen) atoms. The third-order valence-electron chi connectivity index (χ3n) is 2.44. The number of hydrogen-bond donors (Lipinski definition) is 0. The fourth-order valence-electron chi connectivity index (χ4n) is 1.74. The van der Waals surface area contributed by atoms with Gasteiger partial charge in [-0.1, -0.05) is 11.6 Å². The van der Waals surface area contributed by atoms with E-state index >= 15 is 0 Å². The molecule has 0 aromatic heterocycles. The van der Waals surface area contributed by atoms with Crippen molar-refractivity contribution in [2.45, 2.75) is 38.7 Å². The van der Waals surface area contributed by atoms with Gasteiger partial charge in [0.15, 0.2) is 0 Å². The number of rotatable bonds is 3. The number of halogens is 1. The minimum Gasteiger partial charge on any atom is -0.366 e. The van der Waals surface area contributed by atoms with E-state index in [2.05, 4.69) is 18.7 Å². The van der Waals surface area contributed by atoms with E-state index in [1.807, 2.05) is 24.3 Å². The molecule has 0 radical (unpaired) electrons. The fraction of sp³-hybridized carbons (Fsp3) is 0.500. The van der Waals surface area contributed by atoms with Crippen LogP contribution in [-0.4, -0.2) is 12.1 Å². The van der Waals surface area contributed by atoms with Crippen molar-refractivity contribution in [1.29, 1.82) is 0 Å². The van der Waals surface area contributed by atoms with Crippen LogP contribution in [-0.2, 0) is 0 Å². The first-order valence-corrected chi connectivity index (χ1v) is 5.46. The molecule has 0 bridgehead atoms. The molecule has 1 aliphatic carbocycles. The van der Waals surface area contributed by atoms with Crippen molar-refractivity contribution in [3.63, 3.8) is 0 Å². The second-order valence-electron chi connectivity index (χ2n) is 4.01. The largest absolute Gasteiger partial charge is 0.366 e. The Morgan fingerprint density at radius 3 is 2.36 bits per heavy atom. The van der Waals surface area contributed by atoms with Gasteiger partial charge < -0.3 is 4.90 Å². The third kappa shape index (κ3) is 2.03. The zero-order chi connectivity index (χ0) is 11.1. The fourth-order valence-corrected chi connectivity index (χ4v) is 1.87. The summed E-state index contributed by atoms with van der Waals surface area (Å²) in [5.74, 6) is 0. The number of hydrogen-bond acceptors (Lipinski definition) is 1. The van der Waals surface area contributed by atoms with Crippen molar-refractivity contribution in [2.75, 3.05) is 4.90 Å². The molecular weight excluding hydrogens is 194 g/mol. The predicted octanol–water partition coefficient (Wildman–Crippen LogP) is 3.72. The molecule has 1 aliphatic rings. The average Bonchev–Trinajstić information content (AvgIpc) is 2.88. The molecule has 0 unspecified atom stereocenters. The first-order chi connectivity index (χ1) is 7.03. The molecule has 0 N–H and O–H groups in total. The highest BCUT2D eigenvalue weighted by Crippen LogP contribution is 2.33. The number of anilines is 1. The van der Waals surface area contributed by atoms with Crippen LogP contribution in [0.15, 0.2) is 24.3 Å². The molecular formula is C12H16ClN. The van der Waals surface area contributed by atoms with E-state index in [4.69, 9.17) is 13.0 Å². The molecule has 0 saturated heterocycles. The third-order valence-corrected chi connectivity index (χ3v) is 2.69. The van der Waals surface area contributed by atoms with E-state index in [0.717, 1.165) is 23.6 Å². The average molecular weight is 211 g/mol. The lowest BCUT2D eigenvalue weighted by Gasteiger charge is -2.29. The van der Waals surface area contributed by atoms with Crippen molar-refractivity contribution < 1.29 is 1.37 Å². The maximum atomic E-state index is 8.21. The quantitative estimate of drug-likeness (QED) is 0.735. The first-order valence-electron chi connectivity index (χ1n) is 5.58. The summed E-state index contributed by atoms with van der Waals surface area (Å²) in [6.45, 7) is 4.26. The number of nitrogens with zero attached hydrogens (tertiary/aromatic N) is 1. The van der Waals surface area contributed by atoms with Crippen molar-refractivity contribution in [2.24, 2.45) is 0 Å². The van der Waals surface area contributed by atoms with Gasteiger partial charge in [-0.2, -0.15) is 0 Å². The Kier molecular flexibility index (Phi) is 2.35. The Balaban J connectivity index is 2.29. The summed E-state index contributed by atoms with van der Waals surface area (Å²) >= 11 is 5.86. The summed E-state index contributed by atoms with van der Waals surface area (Å²) in [4.78, 5) is 2.17. The van der Waals surface area contributed by atoms with Gasteiger partial charge >= 0.3 is 0 Å². The smallest absolute Gasteiger partial charge is 0.0530 e. The molecule has 0 heterocycles. The van der Waals surface area contributed by atoms with Crippen LogP contribution in [0.5, 0.6) is 0 Å². The minimum absolute atomic E-state index is 0.353. The zero-order valence-electron chi connectivity index (χ0n) is 9.63. The van der Waals surface area contributed by atoms with E-state index in [9.17, 15) is 0 Å². The van der Waals surface area contributed by atoms with Crippen LogP contribution in [0, 0.1) is 0 Å². The lowest BCUT2D eigenvalue weighted by atomic mass is 10.2. The lowest BCUT2D eigenvalue weighted by Crippen LogP contribution is -2.32. The Bertz CT molecular complexity index is 343. The van der Waals surface area contributed by atoms with Crippen LogP contribution >= 0.6 is 11.6 Å². The first kappa shape index (κ1) is 8.60. The highest BCUT2D eigenvalue weighted by atomic mass is 35.5. The normalized spacial score (nSPS) is 19.3. The van der Waals surface area contributed by atoms with Crippen LogP contribution in [0.25, 0.3) is 0 Å². The summed E-state index contributed by atoms with van der Waals surface area (Å²) in [5, 5.41) is 0.747. The summed E-state index contributed by atoms with van der Waals surface area (Å²) in [6.07, 6.45) is 1.93. The Hall–Kier alpha value is -0.690. The molecule has 2 rings (SSSR count). The maximum Gasteiger partial charge on any atom is 0.0530 e. The summed E-state index contributed by atoms with van der Waals surface area (Å²) < 4.78 is 8.21. The van der Waals surface area contributed by atoms with Gasteiger partial charge in [0.05, 0.1) is 1.37 Å². The SMILES string of the molecule is [2H]C1(N(c2ccc(Cl)cc2)C(C)C)CC1. The van der Waals surface area contributed by atoms with Crippen molar-refractivity contribution >= 4 is 17.3 Å². The summed E-state index contributed by atoms with van der Waals surface area (Å²) in [7, 11) is 0. The Labute approximate surface area is 92.1 Å². The van der Waals surface area contributed by atoms with Gasteiger partial charge in [-0.3, -0.25) is 0 Å². The van der Waals surface area contributed by atoms with E-state index in [1.54, 1.807) is 0 Å². The van der Waals surface area contributed by atoms with Gasteiger partial charge in [-0.25, -0.2) is 0 Å². The van der Waals surface area contributed by atoms with E-state index in [1.165, 1.54) is 0 Å². The summed E-state index contributed by atoms with van der Waals surface area (Å²) in [6, 6.07) is 7.75. The summed E-state index contributed by atoms with van der Waals surface area (Å²) in [5.41, 5.74) is 1.10. The number of benzene rings is 1. The van der Waals surface area contributed by atoms with E-state index in [0.29, 0.717) is 6.04 Å². The predicted molar refractivity (Wildman–Crippen MR) is 62.1 cm³/mol. The highest BCUT2D eigenvalue weighted by molar-refractivity contribution is 6.30. The second-order valence-corrected chi connectivity index (χ2v) is 4.44. The van der Waals surface area contributed by atoms with Crippen LogP contribution < -0.4 is 4.90 Å². The molecule has 0 atom stereocenters. The molecule has 1 nitrogen and oxygen atoms in total. The molecule has 0 amide bonds. The van der Waals surface area contributed by atoms with Crippen LogP contribution in [0.2, 0.25) is 5.02 Å². The monoisotopic (exact) mass is 210 g/mol. The van der Waals surface area contributed by atoms with Crippen LogP contribution in [0.3, 0.4) is 0 Å². The van der Waals surface area contributed by atoms with E-state index in [-0.39, 0.29) is 6.02 Å². The standard InChI is InChI=1S/C12H16ClN/c1-9(2)14(12-7-8-12)11-5-3-10(13)4-6-11/h3-6,9,12H,7-8H2,1-2H3/i12D. The van der Waals surface area contributed by atoms with E-state index < -0.39 is 0 Å². The Morgan fingerprint density at radius 2 is 1.93 bits per heavy atom.